The molecule has 2 N–H and O–H groups in total. The van der Waals surface area contributed by atoms with Crippen LogP contribution in [0, 0.1) is 36.0 Å². The average Bonchev–Trinajstić information content (AvgIpc) is 3.15. The van der Waals surface area contributed by atoms with Gasteiger partial charge in [0.2, 0.25) is 11.5 Å². The van der Waals surface area contributed by atoms with Crippen molar-refractivity contribution in [2.75, 3.05) is 5.75 Å². The summed E-state index contributed by atoms with van der Waals surface area (Å²) in [5.74, 6) is 2.41. The summed E-state index contributed by atoms with van der Waals surface area (Å²) in [6, 6.07) is 3.69. The number of thioether (sulfide) groups is 1. The number of H-pyrrole nitrogens is 1. The van der Waals surface area contributed by atoms with Gasteiger partial charge >= 0.3 is 0 Å². The van der Waals surface area contributed by atoms with E-state index in [-0.39, 0.29) is 23.3 Å². The number of carbonyl (C=O) groups is 1. The molecule has 1 aromatic rings. The highest BCUT2D eigenvalue weighted by atomic mass is 32.2. The highest BCUT2D eigenvalue weighted by Crippen LogP contribution is 2.49. The molecule has 3 rings (SSSR count). The van der Waals surface area contributed by atoms with E-state index in [4.69, 9.17) is 0 Å². The molecule has 0 unspecified atom stereocenters. The van der Waals surface area contributed by atoms with Gasteiger partial charge in [-0.15, -0.1) is 0 Å². The van der Waals surface area contributed by atoms with Crippen molar-refractivity contribution in [2.24, 2.45) is 17.8 Å². The van der Waals surface area contributed by atoms with Crippen LogP contribution in [0.15, 0.2) is 15.9 Å². The van der Waals surface area contributed by atoms with E-state index in [1.54, 1.807) is 6.92 Å². The molecular formula is C18H23N3O2S. The summed E-state index contributed by atoms with van der Waals surface area (Å²) in [5.41, 5.74) is 0.831. The topological polar surface area (TPSA) is 85.8 Å². The molecule has 2 aliphatic rings. The Hall–Kier alpha value is -1.74. The summed E-state index contributed by atoms with van der Waals surface area (Å²) in [7, 11) is 0. The molecule has 128 valence electrons. The van der Waals surface area contributed by atoms with Crippen molar-refractivity contribution in [2.45, 2.75) is 50.6 Å². The number of nitrogens with zero attached hydrogens (tertiary/aromatic N) is 1. The van der Waals surface area contributed by atoms with Crippen molar-refractivity contribution in [3.05, 3.63) is 27.5 Å². The van der Waals surface area contributed by atoms with Crippen LogP contribution in [0.1, 0.15) is 43.7 Å². The van der Waals surface area contributed by atoms with Crippen LogP contribution >= 0.6 is 11.8 Å². The summed E-state index contributed by atoms with van der Waals surface area (Å²) < 4.78 is 0. The van der Waals surface area contributed by atoms with Gasteiger partial charge in [0, 0.05) is 12.1 Å². The molecule has 1 aromatic heterocycles. The van der Waals surface area contributed by atoms with Gasteiger partial charge in [0.15, 0.2) is 0 Å². The molecule has 0 saturated heterocycles. The van der Waals surface area contributed by atoms with Gasteiger partial charge in [0.25, 0.3) is 0 Å². The second kappa shape index (κ2) is 7.02. The van der Waals surface area contributed by atoms with Crippen LogP contribution in [0.2, 0.25) is 0 Å². The van der Waals surface area contributed by atoms with E-state index in [9.17, 15) is 14.9 Å². The van der Waals surface area contributed by atoms with Crippen LogP contribution in [0.4, 0.5) is 0 Å². The Kier molecular flexibility index (Phi) is 5.00. The van der Waals surface area contributed by atoms with Crippen molar-refractivity contribution < 1.29 is 4.79 Å². The first-order valence-corrected chi connectivity index (χ1v) is 9.52. The standard InChI is InChI=1S/C18H23N3O2S/c1-10-5-16(22)21-18(15(10)8-19)24-9-17(23)20-11(2)14-7-12-3-4-13(14)6-12/h5,11-14H,3-4,6-7,9H2,1-2H3,(H,20,23)(H,21,22)/t11-,12-,13+,14-/m1/s1. The molecule has 0 radical (unpaired) electrons. The Morgan fingerprint density at radius 3 is 2.92 bits per heavy atom. The smallest absolute Gasteiger partial charge is 0.249 e. The first-order valence-electron chi connectivity index (χ1n) is 8.54. The predicted molar refractivity (Wildman–Crippen MR) is 93.8 cm³/mol. The lowest BCUT2D eigenvalue weighted by Gasteiger charge is -2.28. The number of rotatable bonds is 5. The van der Waals surface area contributed by atoms with Crippen LogP contribution in [-0.4, -0.2) is 22.7 Å². The summed E-state index contributed by atoms with van der Waals surface area (Å²) in [6.07, 6.45) is 5.23. The number of nitrogens with one attached hydrogen (secondary N) is 2. The highest BCUT2D eigenvalue weighted by Gasteiger charge is 2.42. The first kappa shape index (κ1) is 17.1. The van der Waals surface area contributed by atoms with Gasteiger partial charge in [0.1, 0.15) is 6.07 Å². The summed E-state index contributed by atoms with van der Waals surface area (Å²) in [5, 5.41) is 12.8. The molecule has 5 nitrogen and oxygen atoms in total. The van der Waals surface area contributed by atoms with Gasteiger partial charge in [-0.2, -0.15) is 5.26 Å². The molecule has 2 fully saturated rings. The molecule has 6 heteroatoms. The van der Waals surface area contributed by atoms with E-state index in [1.807, 2.05) is 0 Å². The second-order valence-electron chi connectivity index (χ2n) is 7.12. The van der Waals surface area contributed by atoms with Gasteiger partial charge < -0.3 is 10.3 Å². The van der Waals surface area contributed by atoms with Gasteiger partial charge in [0.05, 0.1) is 16.3 Å². The third kappa shape index (κ3) is 3.51. The Labute approximate surface area is 146 Å². The van der Waals surface area contributed by atoms with E-state index >= 15 is 0 Å². The van der Waals surface area contributed by atoms with Gasteiger partial charge in [-0.3, -0.25) is 9.59 Å². The lowest BCUT2D eigenvalue weighted by Crippen LogP contribution is -2.40. The van der Waals surface area contributed by atoms with Crippen LogP contribution in [-0.2, 0) is 4.79 Å². The van der Waals surface area contributed by atoms with Gasteiger partial charge in [-0.05, 0) is 56.4 Å². The van der Waals surface area contributed by atoms with E-state index in [1.165, 1.54) is 43.5 Å². The minimum absolute atomic E-state index is 0.0403. The number of hydrogen-bond acceptors (Lipinski definition) is 4. The fourth-order valence-corrected chi connectivity index (χ4v) is 5.23. The zero-order valence-corrected chi connectivity index (χ0v) is 14.9. The van der Waals surface area contributed by atoms with E-state index in [0.29, 0.717) is 22.1 Å². The Morgan fingerprint density at radius 2 is 2.29 bits per heavy atom. The molecule has 2 saturated carbocycles. The quantitative estimate of drug-likeness (QED) is 0.803. The number of hydrogen-bond donors (Lipinski definition) is 2. The maximum absolute atomic E-state index is 12.3. The minimum Gasteiger partial charge on any atom is -0.353 e. The fourth-order valence-electron chi connectivity index (χ4n) is 4.35. The SMILES string of the molecule is Cc1cc(=O)[nH]c(SCC(=O)N[C@H](C)[C@H]2C[C@@H]3CC[C@H]2C3)c1C#N. The number of amides is 1. The Balaban J connectivity index is 1.56. The molecule has 0 spiro atoms. The highest BCUT2D eigenvalue weighted by molar-refractivity contribution is 8.00. The van der Waals surface area contributed by atoms with Crippen molar-refractivity contribution in [1.82, 2.24) is 10.3 Å². The number of nitriles is 1. The van der Waals surface area contributed by atoms with E-state index < -0.39 is 0 Å². The number of aryl methyl sites for hydroxylation is 1. The number of pyridine rings is 1. The molecule has 0 aliphatic heterocycles. The number of fused-ring (bicyclic) bond motifs is 2. The zero-order valence-electron chi connectivity index (χ0n) is 14.1. The van der Waals surface area contributed by atoms with Crippen LogP contribution < -0.4 is 10.9 Å². The second-order valence-corrected chi connectivity index (χ2v) is 8.10. The Bertz CT molecular complexity index is 737. The zero-order chi connectivity index (χ0) is 17.3. The summed E-state index contributed by atoms with van der Waals surface area (Å²) >= 11 is 1.22. The number of aromatic amines is 1. The third-order valence-corrected chi connectivity index (χ3v) is 6.49. The van der Waals surface area contributed by atoms with Crippen LogP contribution in [0.3, 0.4) is 0 Å². The molecule has 2 bridgehead atoms. The van der Waals surface area contributed by atoms with Gasteiger partial charge in [-0.1, -0.05) is 18.2 Å². The van der Waals surface area contributed by atoms with Gasteiger partial charge in [-0.25, -0.2) is 0 Å². The van der Waals surface area contributed by atoms with Crippen molar-refractivity contribution in [3.63, 3.8) is 0 Å². The largest absolute Gasteiger partial charge is 0.353 e. The van der Waals surface area contributed by atoms with Crippen molar-refractivity contribution in [1.29, 1.82) is 5.26 Å². The normalized spacial score (nSPS) is 26.1. The minimum atomic E-state index is -0.246. The lowest BCUT2D eigenvalue weighted by atomic mass is 9.84. The molecule has 0 aromatic carbocycles. The molecule has 1 amide bonds. The third-order valence-electron chi connectivity index (χ3n) is 5.49. The summed E-state index contributed by atoms with van der Waals surface area (Å²) in [4.78, 5) is 26.5. The number of aromatic nitrogens is 1. The predicted octanol–water partition coefficient (Wildman–Crippen LogP) is 2.59. The van der Waals surface area contributed by atoms with E-state index in [0.717, 1.165) is 11.8 Å². The van der Waals surface area contributed by atoms with E-state index in [2.05, 4.69) is 23.3 Å². The van der Waals surface area contributed by atoms with Crippen molar-refractivity contribution in [3.8, 4) is 6.07 Å². The molecule has 24 heavy (non-hydrogen) atoms. The average molecular weight is 345 g/mol. The Morgan fingerprint density at radius 1 is 1.50 bits per heavy atom. The first-order chi connectivity index (χ1) is 11.5. The molecular weight excluding hydrogens is 322 g/mol. The van der Waals surface area contributed by atoms with Crippen LogP contribution in [0.25, 0.3) is 0 Å². The maximum Gasteiger partial charge on any atom is 0.249 e. The van der Waals surface area contributed by atoms with Crippen molar-refractivity contribution >= 4 is 17.7 Å². The molecule has 1 heterocycles. The summed E-state index contributed by atoms with van der Waals surface area (Å²) in [6.45, 7) is 3.83. The van der Waals surface area contributed by atoms with Crippen LogP contribution in [0.5, 0.6) is 0 Å². The molecule has 2 aliphatic carbocycles. The molecule has 4 atom stereocenters. The fraction of sp³-hybridized carbons (Fsp3) is 0.611. The lowest BCUT2D eigenvalue weighted by molar-refractivity contribution is -0.119. The monoisotopic (exact) mass is 345 g/mol. The number of carbonyl (C=O) groups excluding carboxylic acids is 1. The maximum atomic E-state index is 12.3.